The molecule has 1 aliphatic rings. The van der Waals surface area contributed by atoms with Gasteiger partial charge in [0.05, 0.1) is 36.4 Å². The van der Waals surface area contributed by atoms with Crippen LogP contribution in [0, 0.1) is 0 Å². The van der Waals surface area contributed by atoms with E-state index < -0.39 is 0 Å². The fraction of sp³-hybridized carbons (Fsp3) is 0.261. The SMILES string of the molecule is CNC(=O)c1ccccc1Nc1nc(Nc2ccc3c(c2)CC[N+](C)(C)C3)ncc1Br.[I-]. The molecule has 1 aromatic heterocycles. The fourth-order valence-electron chi connectivity index (χ4n) is 3.75. The molecule has 3 aromatic rings. The number of hydrogen-bond donors (Lipinski definition) is 3. The summed E-state index contributed by atoms with van der Waals surface area (Å²) in [5.41, 5.74) is 4.94. The standard InChI is InChI=1S/C23H25BrN6O.HI/c1-25-22(31)18-6-4-5-7-20(18)28-21-19(24)13-26-23(29-21)27-17-9-8-16-14-30(2,3)11-10-15(16)12-17;/h4-9,12-13H,10-11,14H2,1-3H3,(H2-,25,26,27,28,29,31);1H. The lowest BCUT2D eigenvalue weighted by Crippen LogP contribution is -3.00. The van der Waals surface area contributed by atoms with Crippen LogP contribution in [0.25, 0.3) is 0 Å². The lowest BCUT2D eigenvalue weighted by atomic mass is 9.98. The van der Waals surface area contributed by atoms with Crippen molar-refractivity contribution in [3.63, 3.8) is 0 Å². The average Bonchev–Trinajstić information content (AvgIpc) is 2.75. The van der Waals surface area contributed by atoms with E-state index in [1.807, 2.05) is 18.2 Å². The molecule has 2 aromatic carbocycles. The van der Waals surface area contributed by atoms with Gasteiger partial charge in [-0.25, -0.2) is 4.98 Å². The molecule has 0 unspecified atom stereocenters. The molecule has 9 heteroatoms. The van der Waals surface area contributed by atoms with E-state index in [2.05, 4.69) is 74.1 Å². The number of quaternary nitrogens is 1. The summed E-state index contributed by atoms with van der Waals surface area (Å²) in [4.78, 5) is 21.2. The number of para-hydroxylation sites is 1. The van der Waals surface area contributed by atoms with Crippen molar-refractivity contribution in [2.75, 3.05) is 38.3 Å². The molecule has 1 amide bonds. The topological polar surface area (TPSA) is 78.9 Å². The summed E-state index contributed by atoms with van der Waals surface area (Å²) in [6, 6.07) is 13.8. The first-order valence-electron chi connectivity index (χ1n) is 10.2. The Morgan fingerprint density at radius 3 is 2.66 bits per heavy atom. The summed E-state index contributed by atoms with van der Waals surface area (Å²) < 4.78 is 1.72. The molecule has 0 spiro atoms. The van der Waals surface area contributed by atoms with E-state index in [1.165, 1.54) is 11.1 Å². The van der Waals surface area contributed by atoms with Gasteiger partial charge in [-0.05, 0) is 45.8 Å². The maximum atomic E-state index is 12.2. The number of halogens is 2. The van der Waals surface area contributed by atoms with Gasteiger partial charge in [-0.1, -0.05) is 18.2 Å². The van der Waals surface area contributed by atoms with E-state index in [1.54, 1.807) is 19.3 Å². The number of benzene rings is 2. The van der Waals surface area contributed by atoms with Gasteiger partial charge in [0.1, 0.15) is 12.4 Å². The third kappa shape index (κ3) is 5.57. The quantitative estimate of drug-likeness (QED) is 0.300. The molecule has 0 aliphatic carbocycles. The normalized spacial score (nSPS) is 14.0. The van der Waals surface area contributed by atoms with Gasteiger partial charge in [0.25, 0.3) is 5.91 Å². The van der Waals surface area contributed by atoms with Crippen molar-refractivity contribution in [2.45, 2.75) is 13.0 Å². The number of aromatic nitrogens is 2. The second-order valence-corrected chi connectivity index (χ2v) is 9.17. The Labute approximate surface area is 213 Å². The lowest BCUT2D eigenvalue weighted by molar-refractivity contribution is -0.905. The minimum absolute atomic E-state index is 0. The zero-order valence-corrected chi connectivity index (χ0v) is 22.0. The zero-order chi connectivity index (χ0) is 22.0. The van der Waals surface area contributed by atoms with Crippen molar-refractivity contribution in [1.29, 1.82) is 0 Å². The third-order valence-corrected chi connectivity index (χ3v) is 6.02. The Hall–Kier alpha value is -2.24. The summed E-state index contributed by atoms with van der Waals surface area (Å²) >= 11 is 3.49. The zero-order valence-electron chi connectivity index (χ0n) is 18.2. The van der Waals surface area contributed by atoms with Crippen molar-refractivity contribution in [1.82, 2.24) is 15.3 Å². The molecule has 2 heterocycles. The smallest absolute Gasteiger partial charge is 0.253 e. The molecule has 0 saturated heterocycles. The molecule has 0 saturated carbocycles. The van der Waals surface area contributed by atoms with Crippen LogP contribution in [0.4, 0.5) is 23.1 Å². The van der Waals surface area contributed by atoms with E-state index in [-0.39, 0.29) is 29.9 Å². The van der Waals surface area contributed by atoms with Crippen LogP contribution in [0.3, 0.4) is 0 Å². The Morgan fingerprint density at radius 1 is 1.09 bits per heavy atom. The van der Waals surface area contributed by atoms with Crippen LogP contribution in [-0.2, 0) is 13.0 Å². The molecule has 0 atom stereocenters. The van der Waals surface area contributed by atoms with Gasteiger partial charge in [-0.3, -0.25) is 4.79 Å². The first-order chi connectivity index (χ1) is 14.8. The van der Waals surface area contributed by atoms with Crippen molar-refractivity contribution in [3.05, 3.63) is 69.8 Å². The molecular formula is C23H26BrIN6O. The van der Waals surface area contributed by atoms with Crippen molar-refractivity contribution < 1.29 is 33.3 Å². The molecule has 0 radical (unpaired) electrons. The molecule has 0 bridgehead atoms. The van der Waals surface area contributed by atoms with Crippen molar-refractivity contribution in [2.24, 2.45) is 0 Å². The number of anilines is 4. The number of fused-ring (bicyclic) bond motifs is 1. The van der Waals surface area contributed by atoms with Crippen LogP contribution in [-0.4, -0.2) is 48.0 Å². The first kappa shape index (κ1) is 24.4. The minimum atomic E-state index is -0.164. The third-order valence-electron chi connectivity index (χ3n) is 5.44. The summed E-state index contributed by atoms with van der Waals surface area (Å²) in [5, 5.41) is 9.21. The molecule has 1 aliphatic heterocycles. The molecule has 4 rings (SSSR count). The predicted octanol–water partition coefficient (Wildman–Crippen LogP) is 1.22. The highest BCUT2D eigenvalue weighted by molar-refractivity contribution is 9.10. The molecule has 7 nitrogen and oxygen atoms in total. The van der Waals surface area contributed by atoms with Gasteiger partial charge in [-0.15, -0.1) is 0 Å². The van der Waals surface area contributed by atoms with Crippen LogP contribution in [0.15, 0.2) is 53.1 Å². The second kappa shape index (κ2) is 10.1. The van der Waals surface area contributed by atoms with Gasteiger partial charge in [0.15, 0.2) is 0 Å². The van der Waals surface area contributed by atoms with E-state index >= 15 is 0 Å². The summed E-state index contributed by atoms with van der Waals surface area (Å²) in [6.45, 7) is 2.17. The Kier molecular flexibility index (Phi) is 7.73. The molecule has 32 heavy (non-hydrogen) atoms. The average molecular weight is 609 g/mol. The molecular weight excluding hydrogens is 583 g/mol. The van der Waals surface area contributed by atoms with Gasteiger partial charge >= 0.3 is 0 Å². The molecule has 168 valence electrons. The van der Waals surface area contributed by atoms with Gasteiger partial charge in [0, 0.05) is 30.9 Å². The maximum Gasteiger partial charge on any atom is 0.253 e. The fourth-order valence-corrected chi connectivity index (χ4v) is 4.04. The summed E-state index contributed by atoms with van der Waals surface area (Å²) in [5.74, 6) is 0.892. The first-order valence-corrected chi connectivity index (χ1v) is 11.0. The Morgan fingerprint density at radius 2 is 1.88 bits per heavy atom. The number of carbonyl (C=O) groups excluding carboxylic acids is 1. The van der Waals surface area contributed by atoms with Crippen molar-refractivity contribution >= 4 is 45.0 Å². The monoisotopic (exact) mass is 608 g/mol. The number of likely N-dealkylation sites (N-methyl/N-ethyl adjacent to an activating group) is 1. The number of nitrogens with zero attached hydrogens (tertiary/aromatic N) is 3. The van der Waals surface area contributed by atoms with Gasteiger partial charge in [-0.2, -0.15) is 4.98 Å². The number of amides is 1. The number of nitrogens with one attached hydrogen (secondary N) is 3. The molecule has 0 fully saturated rings. The lowest BCUT2D eigenvalue weighted by Gasteiger charge is -2.34. The Balaban J connectivity index is 0.00000289. The highest BCUT2D eigenvalue weighted by Crippen LogP contribution is 2.29. The van der Waals surface area contributed by atoms with Crippen LogP contribution in [0.2, 0.25) is 0 Å². The van der Waals surface area contributed by atoms with E-state index in [0.29, 0.717) is 27.5 Å². The summed E-state index contributed by atoms with van der Waals surface area (Å²) in [7, 11) is 6.14. The second-order valence-electron chi connectivity index (χ2n) is 8.32. The summed E-state index contributed by atoms with van der Waals surface area (Å²) in [6.07, 6.45) is 2.75. The largest absolute Gasteiger partial charge is 1.00 e. The predicted molar refractivity (Wildman–Crippen MR) is 127 cm³/mol. The highest BCUT2D eigenvalue weighted by Gasteiger charge is 2.24. The van der Waals surface area contributed by atoms with E-state index in [0.717, 1.165) is 29.7 Å². The number of hydrogen-bond acceptors (Lipinski definition) is 5. The van der Waals surface area contributed by atoms with Crippen LogP contribution in [0.1, 0.15) is 21.5 Å². The van der Waals surface area contributed by atoms with E-state index in [4.69, 9.17) is 0 Å². The van der Waals surface area contributed by atoms with Crippen LogP contribution >= 0.6 is 15.9 Å². The maximum absolute atomic E-state index is 12.2. The van der Waals surface area contributed by atoms with Gasteiger partial charge in [0.2, 0.25) is 5.95 Å². The van der Waals surface area contributed by atoms with Crippen LogP contribution < -0.4 is 39.9 Å². The Bertz CT molecular complexity index is 1140. The highest BCUT2D eigenvalue weighted by atomic mass is 127. The van der Waals surface area contributed by atoms with Crippen LogP contribution in [0.5, 0.6) is 0 Å². The van der Waals surface area contributed by atoms with Crippen molar-refractivity contribution in [3.8, 4) is 0 Å². The number of carbonyl (C=O) groups is 1. The number of rotatable bonds is 5. The minimum Gasteiger partial charge on any atom is -1.00 e. The van der Waals surface area contributed by atoms with Gasteiger partial charge < -0.3 is 44.4 Å². The molecule has 3 N–H and O–H groups in total. The van der Waals surface area contributed by atoms with E-state index in [9.17, 15) is 4.79 Å².